The van der Waals surface area contributed by atoms with Crippen molar-refractivity contribution in [2.75, 3.05) is 18.1 Å². The number of ether oxygens (including phenoxy) is 1. The molecule has 1 saturated heterocycles. The number of carboxylic acid groups (broad SMARTS) is 1. The molecule has 1 aliphatic carbocycles. The zero-order chi connectivity index (χ0) is 23.5. The largest absolute Gasteiger partial charge is 0.477 e. The Morgan fingerprint density at radius 3 is 2.59 bits per heavy atom. The number of aromatic carboxylic acids is 1. The number of amides is 1. The van der Waals surface area contributed by atoms with E-state index < -0.39 is 24.8 Å². The number of hydrogen-bond acceptors (Lipinski definition) is 6. The second-order valence-corrected chi connectivity index (χ2v) is 10.8. The number of morpholine rings is 1. The lowest BCUT2D eigenvalue weighted by Crippen LogP contribution is -2.58. The van der Waals surface area contributed by atoms with E-state index in [1.54, 1.807) is 11.0 Å². The highest BCUT2D eigenvalue weighted by Gasteiger charge is 2.43. The summed E-state index contributed by atoms with van der Waals surface area (Å²) < 4.78 is 5.85. The number of carbonyl (C=O) groups excluding carboxylic acids is 1. The SMILES string of the molecule is CC(C)(C)C#Cc1cc(N2C(=O)[C@H](CC(O)CO)OC[C@H]2C2CCCCC2)c(C(=O)O)s1. The number of nitrogens with zero attached hydrogens (tertiary/aromatic N) is 1. The third-order valence-electron chi connectivity index (χ3n) is 5.93. The van der Waals surface area contributed by atoms with Gasteiger partial charge in [-0.05, 0) is 45.6 Å². The molecule has 0 aromatic carbocycles. The molecule has 1 aliphatic heterocycles. The van der Waals surface area contributed by atoms with Gasteiger partial charge in [-0.3, -0.25) is 4.79 Å². The number of anilines is 1. The van der Waals surface area contributed by atoms with E-state index in [1.165, 1.54) is 0 Å². The fraction of sp³-hybridized carbons (Fsp3) is 0.667. The second-order valence-electron chi connectivity index (χ2n) is 9.70. The van der Waals surface area contributed by atoms with Crippen molar-refractivity contribution in [1.82, 2.24) is 0 Å². The molecule has 0 bridgehead atoms. The summed E-state index contributed by atoms with van der Waals surface area (Å²) in [6, 6.07) is 1.44. The van der Waals surface area contributed by atoms with E-state index in [0.29, 0.717) is 10.6 Å². The summed E-state index contributed by atoms with van der Waals surface area (Å²) in [4.78, 5) is 27.9. The molecule has 1 unspecified atom stereocenters. The Bertz CT molecular complexity index is 887. The van der Waals surface area contributed by atoms with Crippen LogP contribution >= 0.6 is 11.3 Å². The topological polar surface area (TPSA) is 107 Å². The number of hydrogen-bond donors (Lipinski definition) is 3. The van der Waals surface area contributed by atoms with Crippen LogP contribution in [0.1, 0.15) is 73.8 Å². The molecule has 1 aromatic heterocycles. The molecule has 2 heterocycles. The Hall–Kier alpha value is -1.92. The number of carboxylic acids is 1. The molecule has 176 valence electrons. The van der Waals surface area contributed by atoms with Crippen LogP contribution < -0.4 is 4.90 Å². The van der Waals surface area contributed by atoms with Crippen LogP contribution in [0, 0.1) is 23.2 Å². The zero-order valence-electron chi connectivity index (χ0n) is 19.0. The smallest absolute Gasteiger partial charge is 0.348 e. The maximum atomic E-state index is 13.5. The fourth-order valence-corrected chi connectivity index (χ4v) is 5.20. The Morgan fingerprint density at radius 2 is 2.00 bits per heavy atom. The minimum atomic E-state index is -1.09. The van der Waals surface area contributed by atoms with E-state index in [1.807, 2.05) is 20.8 Å². The molecule has 3 rings (SSSR count). The van der Waals surface area contributed by atoms with Crippen LogP contribution in [-0.4, -0.2) is 58.7 Å². The Kier molecular flexibility index (Phi) is 7.99. The van der Waals surface area contributed by atoms with Gasteiger partial charge < -0.3 is 25.0 Å². The molecule has 7 nitrogen and oxygen atoms in total. The minimum Gasteiger partial charge on any atom is -0.477 e. The highest BCUT2D eigenvalue weighted by molar-refractivity contribution is 7.15. The third kappa shape index (κ3) is 5.90. The van der Waals surface area contributed by atoms with Gasteiger partial charge >= 0.3 is 5.97 Å². The number of aliphatic hydroxyl groups excluding tert-OH is 2. The molecule has 2 aliphatic rings. The number of thiophene rings is 1. The minimum absolute atomic E-state index is 0.0353. The monoisotopic (exact) mass is 463 g/mol. The van der Waals surface area contributed by atoms with Crippen LogP contribution in [0.15, 0.2) is 6.07 Å². The Morgan fingerprint density at radius 1 is 1.31 bits per heavy atom. The van der Waals surface area contributed by atoms with Gasteiger partial charge in [-0.1, -0.05) is 31.1 Å². The molecule has 0 spiro atoms. The van der Waals surface area contributed by atoms with Crippen molar-refractivity contribution in [3.05, 3.63) is 15.8 Å². The van der Waals surface area contributed by atoms with Gasteiger partial charge in [0.15, 0.2) is 0 Å². The molecular weight excluding hydrogens is 430 g/mol. The summed E-state index contributed by atoms with van der Waals surface area (Å²) >= 11 is 1.08. The van der Waals surface area contributed by atoms with Crippen molar-refractivity contribution in [2.45, 2.75) is 77.5 Å². The van der Waals surface area contributed by atoms with Crippen molar-refractivity contribution in [1.29, 1.82) is 0 Å². The zero-order valence-corrected chi connectivity index (χ0v) is 19.8. The predicted molar refractivity (Wildman–Crippen MR) is 123 cm³/mol. The van der Waals surface area contributed by atoms with E-state index in [0.717, 1.165) is 43.4 Å². The highest BCUT2D eigenvalue weighted by atomic mass is 32.1. The summed E-state index contributed by atoms with van der Waals surface area (Å²) in [5.41, 5.74) is 0.117. The van der Waals surface area contributed by atoms with E-state index in [2.05, 4.69) is 11.8 Å². The van der Waals surface area contributed by atoms with E-state index in [9.17, 15) is 24.9 Å². The number of rotatable bonds is 6. The number of carbonyl (C=O) groups is 2. The summed E-state index contributed by atoms with van der Waals surface area (Å²) in [6.45, 7) is 5.75. The fourth-order valence-electron chi connectivity index (χ4n) is 4.36. The van der Waals surface area contributed by atoms with Crippen LogP contribution in [0.3, 0.4) is 0 Å². The molecular formula is C24H33NO6S. The third-order valence-corrected chi connectivity index (χ3v) is 6.96. The van der Waals surface area contributed by atoms with E-state index in [-0.39, 0.29) is 41.2 Å². The first-order valence-corrected chi connectivity index (χ1v) is 12.1. The van der Waals surface area contributed by atoms with Crippen LogP contribution in [0.5, 0.6) is 0 Å². The second kappa shape index (κ2) is 10.3. The van der Waals surface area contributed by atoms with Crippen molar-refractivity contribution in [2.24, 2.45) is 11.3 Å². The summed E-state index contributed by atoms with van der Waals surface area (Å²) in [5, 5.41) is 29.0. The van der Waals surface area contributed by atoms with E-state index in [4.69, 9.17) is 4.74 Å². The van der Waals surface area contributed by atoms with Crippen molar-refractivity contribution < 1.29 is 29.6 Å². The first-order chi connectivity index (χ1) is 15.1. The van der Waals surface area contributed by atoms with E-state index >= 15 is 0 Å². The average molecular weight is 464 g/mol. The average Bonchev–Trinajstić information content (AvgIpc) is 3.18. The maximum absolute atomic E-state index is 13.5. The van der Waals surface area contributed by atoms with Crippen molar-refractivity contribution in [3.63, 3.8) is 0 Å². The maximum Gasteiger partial charge on any atom is 0.348 e. The Balaban J connectivity index is 2.02. The van der Waals surface area contributed by atoms with Gasteiger partial charge in [-0.15, -0.1) is 11.3 Å². The van der Waals surface area contributed by atoms with Gasteiger partial charge in [0, 0.05) is 11.8 Å². The van der Waals surface area contributed by atoms with Gasteiger partial charge in [0.1, 0.15) is 11.0 Å². The Labute approximate surface area is 193 Å². The predicted octanol–water partition coefficient (Wildman–Crippen LogP) is 3.27. The molecule has 0 radical (unpaired) electrons. The molecule has 1 saturated carbocycles. The summed E-state index contributed by atoms with van der Waals surface area (Å²) in [5.74, 6) is 4.95. The standard InChI is InChI=1S/C24H33NO6S/c1-24(2,3)10-9-17-12-18(21(32-17)23(29)30)25-19(15-7-5-4-6-8-15)14-31-20(22(25)28)11-16(27)13-26/h12,15-16,19-20,26-27H,4-8,11,13-14H2,1-3H3,(H,29,30)/t16?,19-,20-/m0/s1. The van der Waals surface area contributed by atoms with Gasteiger partial charge in [-0.2, -0.15) is 0 Å². The van der Waals surface area contributed by atoms with Crippen LogP contribution in [-0.2, 0) is 9.53 Å². The molecule has 2 fully saturated rings. The first-order valence-electron chi connectivity index (χ1n) is 11.2. The number of aliphatic hydroxyl groups is 2. The van der Waals surface area contributed by atoms with Gasteiger partial charge in [0.2, 0.25) is 0 Å². The normalized spacial score (nSPS) is 23.5. The van der Waals surface area contributed by atoms with Crippen molar-refractivity contribution >= 4 is 28.9 Å². The van der Waals surface area contributed by atoms with Gasteiger partial charge in [-0.25, -0.2) is 4.79 Å². The summed E-state index contributed by atoms with van der Waals surface area (Å²) in [6.07, 6.45) is 3.20. The molecule has 32 heavy (non-hydrogen) atoms. The summed E-state index contributed by atoms with van der Waals surface area (Å²) in [7, 11) is 0. The van der Waals surface area contributed by atoms with Crippen LogP contribution in [0.2, 0.25) is 0 Å². The quantitative estimate of drug-likeness (QED) is 0.559. The molecule has 1 aromatic rings. The van der Waals surface area contributed by atoms with Gasteiger partial charge in [0.25, 0.3) is 5.91 Å². The molecule has 8 heteroatoms. The molecule has 1 amide bonds. The highest BCUT2D eigenvalue weighted by Crippen LogP contribution is 2.39. The lowest BCUT2D eigenvalue weighted by atomic mass is 9.82. The van der Waals surface area contributed by atoms with Crippen LogP contribution in [0.25, 0.3) is 0 Å². The van der Waals surface area contributed by atoms with Crippen molar-refractivity contribution in [3.8, 4) is 11.8 Å². The van der Waals surface area contributed by atoms with Crippen LogP contribution in [0.4, 0.5) is 5.69 Å². The molecule has 3 N–H and O–H groups in total. The lowest BCUT2D eigenvalue weighted by molar-refractivity contribution is -0.140. The van der Waals surface area contributed by atoms with Gasteiger partial charge in [0.05, 0.1) is 35.9 Å². The lowest BCUT2D eigenvalue weighted by Gasteiger charge is -2.44. The molecule has 3 atom stereocenters. The first kappa shape index (κ1) is 24.7.